The zero-order valence-electron chi connectivity index (χ0n) is 10.4. The van der Waals surface area contributed by atoms with Crippen molar-refractivity contribution in [3.05, 3.63) is 30.5 Å². The lowest BCUT2D eigenvalue weighted by Crippen LogP contribution is -2.03. The molecule has 1 aromatic carbocycles. The molecule has 0 amide bonds. The number of hydrogen-bond acceptors (Lipinski definition) is 3. The molecule has 1 N–H and O–H groups in total. The number of rotatable bonds is 5. The number of methoxy groups -OCH3 is 1. The van der Waals surface area contributed by atoms with Crippen LogP contribution in [0.3, 0.4) is 0 Å². The predicted molar refractivity (Wildman–Crippen MR) is 71.7 cm³/mol. The summed E-state index contributed by atoms with van der Waals surface area (Å²) in [5.41, 5.74) is 0. The molecule has 0 atom stereocenters. The molecule has 0 aliphatic rings. The van der Waals surface area contributed by atoms with E-state index in [9.17, 15) is 0 Å². The number of hydrogen-bond donors (Lipinski definition) is 1. The highest BCUT2D eigenvalue weighted by Crippen LogP contribution is 2.28. The molecule has 0 saturated heterocycles. The van der Waals surface area contributed by atoms with Gasteiger partial charge in [-0.1, -0.05) is 25.5 Å². The van der Waals surface area contributed by atoms with Gasteiger partial charge in [0.25, 0.3) is 0 Å². The molecule has 2 rings (SSSR count). The molecular formula is C14H18N2O. The molecule has 0 bridgehead atoms. The van der Waals surface area contributed by atoms with E-state index in [0.29, 0.717) is 0 Å². The topological polar surface area (TPSA) is 34.2 Å². The minimum Gasteiger partial charge on any atom is -0.496 e. The van der Waals surface area contributed by atoms with Crippen LogP contribution in [0.2, 0.25) is 0 Å². The fourth-order valence-electron chi connectivity index (χ4n) is 1.88. The first-order valence-corrected chi connectivity index (χ1v) is 6.02. The Hall–Kier alpha value is -1.77. The second-order valence-electron chi connectivity index (χ2n) is 4.00. The number of ether oxygens (including phenoxy) is 1. The molecule has 0 aliphatic heterocycles. The van der Waals surface area contributed by atoms with Crippen molar-refractivity contribution in [1.29, 1.82) is 0 Å². The van der Waals surface area contributed by atoms with Gasteiger partial charge in [0.05, 0.1) is 7.11 Å². The van der Waals surface area contributed by atoms with E-state index in [-0.39, 0.29) is 0 Å². The molecule has 2 aromatic rings. The van der Waals surface area contributed by atoms with Crippen LogP contribution in [0.25, 0.3) is 10.8 Å². The fraction of sp³-hybridized carbons (Fsp3) is 0.357. The zero-order valence-corrected chi connectivity index (χ0v) is 10.4. The summed E-state index contributed by atoms with van der Waals surface area (Å²) in [5, 5.41) is 5.59. The van der Waals surface area contributed by atoms with Crippen molar-refractivity contribution in [2.24, 2.45) is 0 Å². The Morgan fingerprint density at radius 1 is 1.24 bits per heavy atom. The van der Waals surface area contributed by atoms with Crippen molar-refractivity contribution < 1.29 is 4.74 Å². The standard InChI is InChI=1S/C14H18N2O/c1-3-4-9-15-14-12-6-5-7-13(17-2)11(12)8-10-16-14/h5-8,10H,3-4,9H2,1-2H3,(H,15,16). The molecule has 0 radical (unpaired) electrons. The van der Waals surface area contributed by atoms with E-state index in [1.807, 2.05) is 24.4 Å². The first-order chi connectivity index (χ1) is 8.36. The molecule has 3 heteroatoms. The number of aromatic nitrogens is 1. The van der Waals surface area contributed by atoms with Crippen LogP contribution in [0, 0.1) is 0 Å². The van der Waals surface area contributed by atoms with Crippen molar-refractivity contribution in [2.45, 2.75) is 19.8 Å². The van der Waals surface area contributed by atoms with Crippen LogP contribution in [0.15, 0.2) is 30.5 Å². The van der Waals surface area contributed by atoms with Gasteiger partial charge in [0.15, 0.2) is 0 Å². The molecule has 1 aromatic heterocycles. The molecule has 0 spiro atoms. The third-order valence-corrected chi connectivity index (χ3v) is 2.81. The summed E-state index contributed by atoms with van der Waals surface area (Å²) in [6.07, 6.45) is 4.16. The lowest BCUT2D eigenvalue weighted by molar-refractivity contribution is 0.420. The van der Waals surface area contributed by atoms with E-state index in [4.69, 9.17) is 4.74 Å². The Morgan fingerprint density at radius 3 is 2.88 bits per heavy atom. The first kappa shape index (κ1) is 11.7. The summed E-state index contributed by atoms with van der Waals surface area (Å²) in [6.45, 7) is 3.14. The summed E-state index contributed by atoms with van der Waals surface area (Å²) in [4.78, 5) is 4.39. The number of unbranched alkanes of at least 4 members (excludes halogenated alkanes) is 1. The van der Waals surface area contributed by atoms with Gasteiger partial charge in [0.1, 0.15) is 11.6 Å². The van der Waals surface area contributed by atoms with E-state index >= 15 is 0 Å². The van der Waals surface area contributed by atoms with Crippen LogP contribution >= 0.6 is 0 Å². The average Bonchev–Trinajstić information content (AvgIpc) is 2.38. The summed E-state index contributed by atoms with van der Waals surface area (Å²) < 4.78 is 5.35. The van der Waals surface area contributed by atoms with Crippen LogP contribution in [-0.4, -0.2) is 18.6 Å². The Balaban J connectivity index is 2.36. The average molecular weight is 230 g/mol. The predicted octanol–water partition coefficient (Wildman–Crippen LogP) is 3.46. The summed E-state index contributed by atoms with van der Waals surface area (Å²) in [5.74, 6) is 1.83. The molecule has 0 fully saturated rings. The van der Waals surface area contributed by atoms with Gasteiger partial charge in [-0.2, -0.15) is 0 Å². The number of pyridine rings is 1. The second kappa shape index (κ2) is 5.53. The molecule has 1 heterocycles. The maximum atomic E-state index is 5.35. The smallest absolute Gasteiger partial charge is 0.133 e. The quantitative estimate of drug-likeness (QED) is 0.799. The Morgan fingerprint density at radius 2 is 2.12 bits per heavy atom. The van der Waals surface area contributed by atoms with Gasteiger partial charge in [-0.15, -0.1) is 0 Å². The van der Waals surface area contributed by atoms with Gasteiger partial charge in [-0.05, 0) is 18.6 Å². The zero-order chi connectivity index (χ0) is 12.1. The van der Waals surface area contributed by atoms with E-state index in [1.54, 1.807) is 7.11 Å². The minimum atomic E-state index is 0.892. The normalized spacial score (nSPS) is 10.5. The van der Waals surface area contributed by atoms with Crippen molar-refractivity contribution in [2.75, 3.05) is 19.0 Å². The number of nitrogens with zero attached hydrogens (tertiary/aromatic N) is 1. The van der Waals surface area contributed by atoms with Gasteiger partial charge in [-0.25, -0.2) is 4.98 Å². The van der Waals surface area contributed by atoms with Crippen molar-refractivity contribution in [1.82, 2.24) is 4.98 Å². The molecule has 0 aliphatic carbocycles. The fourth-order valence-corrected chi connectivity index (χ4v) is 1.88. The lowest BCUT2D eigenvalue weighted by atomic mass is 10.1. The van der Waals surface area contributed by atoms with Crippen LogP contribution < -0.4 is 10.1 Å². The Bertz CT molecular complexity index is 497. The molecular weight excluding hydrogens is 212 g/mol. The lowest BCUT2D eigenvalue weighted by Gasteiger charge is -2.10. The third kappa shape index (κ3) is 2.49. The van der Waals surface area contributed by atoms with Crippen LogP contribution in [0.5, 0.6) is 5.75 Å². The number of fused-ring (bicyclic) bond motifs is 1. The second-order valence-corrected chi connectivity index (χ2v) is 4.00. The maximum absolute atomic E-state index is 5.35. The SMILES string of the molecule is CCCCNc1nccc2c(OC)cccc12. The van der Waals surface area contributed by atoms with E-state index < -0.39 is 0 Å². The van der Waals surface area contributed by atoms with Crippen LogP contribution in [0.4, 0.5) is 5.82 Å². The van der Waals surface area contributed by atoms with Gasteiger partial charge in [-0.3, -0.25) is 0 Å². The molecule has 0 saturated carbocycles. The Kier molecular flexibility index (Phi) is 3.81. The monoisotopic (exact) mass is 230 g/mol. The van der Waals surface area contributed by atoms with Crippen molar-refractivity contribution in [3.8, 4) is 5.75 Å². The molecule has 3 nitrogen and oxygen atoms in total. The van der Waals surface area contributed by atoms with Gasteiger partial charge < -0.3 is 10.1 Å². The molecule has 0 unspecified atom stereocenters. The largest absolute Gasteiger partial charge is 0.496 e. The minimum absolute atomic E-state index is 0.892. The number of anilines is 1. The van der Waals surface area contributed by atoms with E-state index in [1.165, 1.54) is 6.42 Å². The third-order valence-electron chi connectivity index (χ3n) is 2.81. The highest BCUT2D eigenvalue weighted by atomic mass is 16.5. The summed E-state index contributed by atoms with van der Waals surface area (Å²) in [6, 6.07) is 8.02. The van der Waals surface area contributed by atoms with Crippen LogP contribution in [-0.2, 0) is 0 Å². The maximum Gasteiger partial charge on any atom is 0.133 e. The molecule has 17 heavy (non-hydrogen) atoms. The van der Waals surface area contributed by atoms with Gasteiger partial charge >= 0.3 is 0 Å². The van der Waals surface area contributed by atoms with E-state index in [0.717, 1.165) is 35.3 Å². The number of nitrogens with one attached hydrogen (secondary N) is 1. The highest BCUT2D eigenvalue weighted by molar-refractivity contribution is 5.95. The first-order valence-electron chi connectivity index (χ1n) is 6.02. The Labute approximate surface area is 102 Å². The highest BCUT2D eigenvalue weighted by Gasteiger charge is 2.05. The van der Waals surface area contributed by atoms with Crippen LogP contribution in [0.1, 0.15) is 19.8 Å². The van der Waals surface area contributed by atoms with E-state index in [2.05, 4.69) is 23.3 Å². The van der Waals surface area contributed by atoms with Crippen molar-refractivity contribution >= 4 is 16.6 Å². The summed E-state index contributed by atoms with van der Waals surface area (Å²) in [7, 11) is 1.69. The van der Waals surface area contributed by atoms with Gasteiger partial charge in [0, 0.05) is 23.5 Å². The molecule has 90 valence electrons. The summed E-state index contributed by atoms with van der Waals surface area (Å²) >= 11 is 0. The van der Waals surface area contributed by atoms with Crippen molar-refractivity contribution in [3.63, 3.8) is 0 Å². The van der Waals surface area contributed by atoms with Gasteiger partial charge in [0.2, 0.25) is 0 Å². The number of benzene rings is 1.